The summed E-state index contributed by atoms with van der Waals surface area (Å²) in [4.78, 5) is 10.7. The van der Waals surface area contributed by atoms with Crippen LogP contribution in [-0.4, -0.2) is 24.3 Å². The molecule has 0 fully saturated rings. The highest BCUT2D eigenvalue weighted by Crippen LogP contribution is 2.15. The van der Waals surface area contributed by atoms with Crippen molar-refractivity contribution in [2.45, 2.75) is 12.1 Å². The number of hydrogen-bond acceptors (Lipinski definition) is 3. The molecule has 0 aliphatic heterocycles. The summed E-state index contributed by atoms with van der Waals surface area (Å²) in [5.74, 6) is -1.05. The van der Waals surface area contributed by atoms with Crippen molar-refractivity contribution in [3.63, 3.8) is 0 Å². The van der Waals surface area contributed by atoms with Crippen molar-refractivity contribution in [2.24, 2.45) is 5.73 Å². The van der Waals surface area contributed by atoms with Gasteiger partial charge in [0.15, 0.2) is 6.10 Å². The third-order valence-corrected chi connectivity index (χ3v) is 2.01. The van der Waals surface area contributed by atoms with E-state index in [2.05, 4.69) is 0 Å². The van der Waals surface area contributed by atoms with Crippen LogP contribution in [0.4, 0.5) is 0 Å². The number of carbonyl (C=O) groups is 1. The molecule has 0 aromatic heterocycles. The van der Waals surface area contributed by atoms with Crippen molar-refractivity contribution in [3.8, 4) is 0 Å². The largest absolute Gasteiger partial charge is 0.479 e. The van der Waals surface area contributed by atoms with E-state index in [4.69, 9.17) is 15.6 Å². The summed E-state index contributed by atoms with van der Waals surface area (Å²) in [7, 11) is 1.33. The van der Waals surface area contributed by atoms with Crippen LogP contribution in [0, 0.1) is 0 Å². The van der Waals surface area contributed by atoms with Gasteiger partial charge in [0.1, 0.15) is 0 Å². The van der Waals surface area contributed by atoms with E-state index in [1.807, 2.05) is 18.2 Å². The lowest BCUT2D eigenvalue weighted by atomic mass is 10.0. The van der Waals surface area contributed by atoms with Crippen molar-refractivity contribution >= 4 is 5.97 Å². The normalized spacial score (nSPS) is 14.7. The molecular formula is C10H13NO3. The van der Waals surface area contributed by atoms with Gasteiger partial charge in [0.05, 0.1) is 6.04 Å². The number of aliphatic carboxylic acids is 1. The molecular weight excluding hydrogens is 182 g/mol. The molecule has 4 nitrogen and oxygen atoms in total. The van der Waals surface area contributed by atoms with E-state index >= 15 is 0 Å². The van der Waals surface area contributed by atoms with Crippen molar-refractivity contribution in [2.75, 3.05) is 7.11 Å². The Balaban J connectivity index is 2.83. The Kier molecular flexibility index (Phi) is 3.62. The summed E-state index contributed by atoms with van der Waals surface area (Å²) in [6.07, 6.45) is -1.00. The Labute approximate surface area is 82.3 Å². The number of nitrogens with two attached hydrogens (primary N) is 1. The number of hydrogen-bond donors (Lipinski definition) is 2. The van der Waals surface area contributed by atoms with Crippen LogP contribution in [0.25, 0.3) is 0 Å². The van der Waals surface area contributed by atoms with Gasteiger partial charge in [0.25, 0.3) is 0 Å². The summed E-state index contributed by atoms with van der Waals surface area (Å²) in [5.41, 5.74) is 6.50. The molecule has 0 bridgehead atoms. The van der Waals surface area contributed by atoms with Gasteiger partial charge in [-0.2, -0.15) is 0 Å². The second-order valence-electron chi connectivity index (χ2n) is 2.93. The number of ether oxygens (including phenoxy) is 1. The third kappa shape index (κ3) is 2.31. The van der Waals surface area contributed by atoms with Crippen LogP contribution in [0.15, 0.2) is 30.3 Å². The zero-order chi connectivity index (χ0) is 10.6. The first-order valence-corrected chi connectivity index (χ1v) is 4.23. The van der Waals surface area contributed by atoms with E-state index in [0.717, 1.165) is 5.56 Å². The average Bonchev–Trinajstić information content (AvgIpc) is 2.19. The molecule has 14 heavy (non-hydrogen) atoms. The average molecular weight is 195 g/mol. The number of carboxylic acids is 1. The highest BCUT2D eigenvalue weighted by Gasteiger charge is 2.25. The maximum atomic E-state index is 10.7. The number of rotatable bonds is 4. The van der Waals surface area contributed by atoms with Crippen molar-refractivity contribution in [3.05, 3.63) is 35.9 Å². The minimum absolute atomic E-state index is 0.640. The number of methoxy groups -OCH3 is 1. The van der Waals surface area contributed by atoms with E-state index in [-0.39, 0.29) is 0 Å². The predicted molar refractivity (Wildman–Crippen MR) is 51.8 cm³/mol. The van der Waals surface area contributed by atoms with Crippen LogP contribution in [0.3, 0.4) is 0 Å². The van der Waals surface area contributed by atoms with Gasteiger partial charge in [-0.15, -0.1) is 0 Å². The second-order valence-corrected chi connectivity index (χ2v) is 2.93. The lowest BCUT2D eigenvalue weighted by Crippen LogP contribution is -2.34. The van der Waals surface area contributed by atoms with Gasteiger partial charge in [-0.25, -0.2) is 4.79 Å². The SMILES string of the molecule is COC(C(=O)O)C(N)c1ccccc1. The van der Waals surface area contributed by atoms with Gasteiger partial charge in [0, 0.05) is 7.11 Å². The maximum Gasteiger partial charge on any atom is 0.334 e. The van der Waals surface area contributed by atoms with E-state index in [1.54, 1.807) is 12.1 Å². The Bertz CT molecular complexity index is 299. The number of benzene rings is 1. The van der Waals surface area contributed by atoms with Crippen molar-refractivity contribution in [1.82, 2.24) is 0 Å². The highest BCUT2D eigenvalue weighted by molar-refractivity contribution is 5.73. The molecule has 0 radical (unpaired) electrons. The molecule has 0 heterocycles. The Hall–Kier alpha value is -1.39. The van der Waals surface area contributed by atoms with E-state index in [1.165, 1.54) is 7.11 Å². The molecule has 1 aromatic rings. The quantitative estimate of drug-likeness (QED) is 0.744. The topological polar surface area (TPSA) is 72.5 Å². The van der Waals surface area contributed by atoms with Crippen LogP contribution in [0.1, 0.15) is 11.6 Å². The van der Waals surface area contributed by atoms with Crippen LogP contribution in [-0.2, 0) is 9.53 Å². The molecule has 0 spiro atoms. The Morgan fingerprint density at radius 1 is 1.43 bits per heavy atom. The molecule has 1 aromatic carbocycles. The summed E-state index contributed by atoms with van der Waals surface area (Å²) < 4.78 is 4.80. The first-order chi connectivity index (χ1) is 6.66. The van der Waals surface area contributed by atoms with Gasteiger partial charge < -0.3 is 15.6 Å². The molecule has 3 N–H and O–H groups in total. The van der Waals surface area contributed by atoms with Crippen LogP contribution in [0.2, 0.25) is 0 Å². The summed E-state index contributed by atoms with van der Waals surface area (Å²) in [6, 6.07) is 8.38. The Morgan fingerprint density at radius 3 is 2.43 bits per heavy atom. The molecule has 0 aliphatic carbocycles. The second kappa shape index (κ2) is 4.74. The molecule has 0 aliphatic rings. The minimum atomic E-state index is -1.05. The molecule has 0 amide bonds. The van der Waals surface area contributed by atoms with Crippen molar-refractivity contribution < 1.29 is 14.6 Å². The molecule has 2 atom stereocenters. The Morgan fingerprint density at radius 2 is 2.00 bits per heavy atom. The fourth-order valence-corrected chi connectivity index (χ4v) is 1.25. The minimum Gasteiger partial charge on any atom is -0.479 e. The van der Waals surface area contributed by atoms with Gasteiger partial charge in [-0.05, 0) is 5.56 Å². The maximum absolute atomic E-state index is 10.7. The van der Waals surface area contributed by atoms with Crippen LogP contribution in [0.5, 0.6) is 0 Å². The third-order valence-electron chi connectivity index (χ3n) is 2.01. The fourth-order valence-electron chi connectivity index (χ4n) is 1.25. The monoisotopic (exact) mass is 195 g/mol. The van der Waals surface area contributed by atoms with Crippen LogP contribution < -0.4 is 5.73 Å². The first-order valence-electron chi connectivity index (χ1n) is 4.23. The van der Waals surface area contributed by atoms with Gasteiger partial charge in [-0.3, -0.25) is 0 Å². The summed E-state index contributed by atoms with van der Waals surface area (Å²) >= 11 is 0. The standard InChI is InChI=1S/C10H13NO3/c1-14-9(10(12)13)8(11)7-5-3-2-4-6-7/h2-6,8-9H,11H2,1H3,(H,12,13). The predicted octanol–water partition coefficient (Wildman–Crippen LogP) is 0.786. The summed E-state index contributed by atoms with van der Waals surface area (Å²) in [6.45, 7) is 0. The first kappa shape index (κ1) is 10.7. The molecule has 0 saturated heterocycles. The molecule has 1 rings (SSSR count). The van der Waals surface area contributed by atoms with E-state index < -0.39 is 18.1 Å². The zero-order valence-electron chi connectivity index (χ0n) is 7.88. The van der Waals surface area contributed by atoms with Crippen LogP contribution >= 0.6 is 0 Å². The highest BCUT2D eigenvalue weighted by atomic mass is 16.5. The smallest absolute Gasteiger partial charge is 0.334 e. The molecule has 2 unspecified atom stereocenters. The molecule has 0 saturated carbocycles. The van der Waals surface area contributed by atoms with Gasteiger partial charge >= 0.3 is 5.97 Å². The van der Waals surface area contributed by atoms with E-state index in [0.29, 0.717) is 0 Å². The lowest BCUT2D eigenvalue weighted by Gasteiger charge is -2.18. The number of carboxylic acid groups (broad SMARTS) is 1. The molecule has 4 heteroatoms. The molecule has 76 valence electrons. The van der Waals surface area contributed by atoms with Crippen molar-refractivity contribution in [1.29, 1.82) is 0 Å². The summed E-state index contributed by atoms with van der Waals surface area (Å²) in [5, 5.41) is 8.80. The zero-order valence-corrected chi connectivity index (χ0v) is 7.88. The van der Waals surface area contributed by atoms with E-state index in [9.17, 15) is 4.79 Å². The fraction of sp³-hybridized carbons (Fsp3) is 0.300. The lowest BCUT2D eigenvalue weighted by molar-refractivity contribution is -0.149. The van der Waals surface area contributed by atoms with Gasteiger partial charge in [0.2, 0.25) is 0 Å². The van der Waals surface area contributed by atoms with Gasteiger partial charge in [-0.1, -0.05) is 30.3 Å².